The Morgan fingerprint density at radius 1 is 1.00 bits per heavy atom. The van der Waals surface area contributed by atoms with Gasteiger partial charge in [-0.25, -0.2) is 0 Å². The minimum absolute atomic E-state index is 0.652. The van der Waals surface area contributed by atoms with Crippen molar-refractivity contribution in [2.45, 2.75) is 13.1 Å². The van der Waals surface area contributed by atoms with Crippen LogP contribution in [0.4, 0.5) is 0 Å². The first-order valence-corrected chi connectivity index (χ1v) is 8.34. The Balaban J connectivity index is 1.48. The highest BCUT2D eigenvalue weighted by atomic mass is 16.5. The molecule has 3 aromatic rings. The zero-order valence-electron chi connectivity index (χ0n) is 13.8. The maximum atomic E-state index is 8.89. The fourth-order valence-corrected chi connectivity index (χ4v) is 3.06. The highest BCUT2D eigenvalue weighted by Gasteiger charge is 2.16. The first-order valence-electron chi connectivity index (χ1n) is 8.34. The van der Waals surface area contributed by atoms with Gasteiger partial charge >= 0.3 is 0 Å². The quantitative estimate of drug-likeness (QED) is 0.722. The molecule has 0 N–H and O–H groups in total. The molecule has 1 aliphatic heterocycles. The van der Waals surface area contributed by atoms with Gasteiger partial charge in [0, 0.05) is 24.2 Å². The van der Waals surface area contributed by atoms with Crippen LogP contribution in [0.5, 0.6) is 5.75 Å². The van der Waals surface area contributed by atoms with Crippen molar-refractivity contribution in [1.82, 2.24) is 4.90 Å². The number of nitriles is 1. The Hall–Kier alpha value is -3.03. The summed E-state index contributed by atoms with van der Waals surface area (Å²) in [4.78, 5) is 2.33. The zero-order valence-corrected chi connectivity index (χ0v) is 13.8. The van der Waals surface area contributed by atoms with Crippen LogP contribution >= 0.6 is 0 Å². The predicted octanol–water partition coefficient (Wildman–Crippen LogP) is 4.21. The van der Waals surface area contributed by atoms with Gasteiger partial charge in [-0.1, -0.05) is 18.2 Å². The molecule has 0 aliphatic carbocycles. The van der Waals surface area contributed by atoms with E-state index >= 15 is 0 Å². The van der Waals surface area contributed by atoms with E-state index < -0.39 is 0 Å². The molecule has 4 heteroatoms. The molecule has 0 atom stereocenters. The van der Waals surface area contributed by atoms with Crippen molar-refractivity contribution in [2.24, 2.45) is 0 Å². The van der Waals surface area contributed by atoms with Gasteiger partial charge in [0.15, 0.2) is 0 Å². The first-order chi connectivity index (χ1) is 12.3. The summed E-state index contributed by atoms with van der Waals surface area (Å²) in [7, 11) is 0. The van der Waals surface area contributed by atoms with E-state index in [4.69, 9.17) is 14.4 Å². The number of ether oxygens (including phenoxy) is 1. The van der Waals surface area contributed by atoms with Crippen LogP contribution in [-0.4, -0.2) is 18.1 Å². The molecule has 4 nitrogen and oxygen atoms in total. The van der Waals surface area contributed by atoms with Gasteiger partial charge < -0.3 is 9.15 Å². The molecule has 0 amide bonds. The number of furan rings is 1. The lowest BCUT2D eigenvalue weighted by molar-refractivity contribution is 0.207. The molecule has 0 radical (unpaired) electrons. The van der Waals surface area contributed by atoms with Crippen molar-refractivity contribution in [3.63, 3.8) is 0 Å². The van der Waals surface area contributed by atoms with Gasteiger partial charge in [0.1, 0.15) is 23.9 Å². The molecule has 0 saturated heterocycles. The van der Waals surface area contributed by atoms with E-state index in [1.807, 2.05) is 42.5 Å². The molecule has 2 aromatic carbocycles. The van der Waals surface area contributed by atoms with Crippen LogP contribution < -0.4 is 4.74 Å². The Morgan fingerprint density at radius 2 is 1.84 bits per heavy atom. The number of benzene rings is 2. The molecule has 0 spiro atoms. The van der Waals surface area contributed by atoms with Gasteiger partial charge in [-0.15, -0.1) is 0 Å². The van der Waals surface area contributed by atoms with Gasteiger partial charge in [-0.05, 0) is 42.5 Å². The van der Waals surface area contributed by atoms with Crippen molar-refractivity contribution in [2.75, 3.05) is 13.2 Å². The summed E-state index contributed by atoms with van der Waals surface area (Å²) in [6, 6.07) is 21.8. The van der Waals surface area contributed by atoms with Crippen molar-refractivity contribution >= 4 is 0 Å². The van der Waals surface area contributed by atoms with Crippen molar-refractivity contribution in [3.8, 4) is 23.1 Å². The largest absolute Gasteiger partial charge is 0.492 e. The smallest absolute Gasteiger partial charge is 0.134 e. The maximum absolute atomic E-state index is 8.89. The second-order valence-corrected chi connectivity index (χ2v) is 6.12. The summed E-state index contributed by atoms with van der Waals surface area (Å²) in [6.07, 6.45) is 0. The lowest BCUT2D eigenvalue weighted by Gasteiger charge is -2.17. The number of nitrogens with zero attached hydrogens (tertiary/aromatic N) is 2. The average Bonchev–Trinajstić information content (AvgIpc) is 3.01. The number of hydrogen-bond acceptors (Lipinski definition) is 4. The summed E-state index contributed by atoms with van der Waals surface area (Å²) in [5.74, 6) is 2.73. The second-order valence-electron chi connectivity index (χ2n) is 6.12. The Kier molecular flexibility index (Phi) is 4.24. The number of hydrogen-bond donors (Lipinski definition) is 0. The number of rotatable bonds is 3. The van der Waals surface area contributed by atoms with Crippen LogP contribution in [0.3, 0.4) is 0 Å². The molecule has 0 fully saturated rings. The fraction of sp³-hybridized carbons (Fsp3) is 0.190. The third kappa shape index (κ3) is 3.42. The summed E-state index contributed by atoms with van der Waals surface area (Å²) in [6.45, 7) is 3.14. The van der Waals surface area contributed by atoms with Crippen LogP contribution in [0.25, 0.3) is 11.3 Å². The standard InChI is InChI=1S/C21H18N2O2/c22-13-16-5-7-17(8-6-16)21-10-9-19(25-21)15-23-11-12-24-20-4-2-1-3-18(20)14-23/h1-10H,11-12,14-15H2. The number of fused-ring (bicyclic) bond motifs is 1. The third-order valence-corrected chi connectivity index (χ3v) is 4.37. The normalized spacial score (nSPS) is 14.2. The summed E-state index contributed by atoms with van der Waals surface area (Å²) >= 11 is 0. The SMILES string of the molecule is N#Cc1ccc(-c2ccc(CN3CCOc4ccccc4C3)o2)cc1. The van der Waals surface area contributed by atoms with Crippen LogP contribution in [0.2, 0.25) is 0 Å². The molecule has 1 aromatic heterocycles. The van der Waals surface area contributed by atoms with Crippen LogP contribution in [-0.2, 0) is 13.1 Å². The van der Waals surface area contributed by atoms with Crippen molar-refractivity contribution in [1.29, 1.82) is 5.26 Å². The molecule has 2 heterocycles. The van der Waals surface area contributed by atoms with Crippen LogP contribution in [0, 0.1) is 11.3 Å². The lowest BCUT2D eigenvalue weighted by atomic mass is 10.1. The topological polar surface area (TPSA) is 49.4 Å². The van der Waals surface area contributed by atoms with Gasteiger partial charge in [0.25, 0.3) is 0 Å². The Labute approximate surface area is 146 Å². The van der Waals surface area contributed by atoms with E-state index in [0.29, 0.717) is 12.2 Å². The Bertz CT molecular complexity index is 906. The van der Waals surface area contributed by atoms with E-state index in [1.165, 1.54) is 5.56 Å². The molecule has 0 bridgehead atoms. The van der Waals surface area contributed by atoms with E-state index in [-0.39, 0.29) is 0 Å². The molecule has 1 aliphatic rings. The van der Waals surface area contributed by atoms with E-state index in [1.54, 1.807) is 12.1 Å². The average molecular weight is 330 g/mol. The van der Waals surface area contributed by atoms with Crippen molar-refractivity contribution in [3.05, 3.63) is 77.6 Å². The van der Waals surface area contributed by atoms with Gasteiger partial charge in [0.05, 0.1) is 18.2 Å². The minimum Gasteiger partial charge on any atom is -0.492 e. The second kappa shape index (κ2) is 6.84. The van der Waals surface area contributed by atoms with Gasteiger partial charge in [0.2, 0.25) is 0 Å². The highest BCUT2D eigenvalue weighted by molar-refractivity contribution is 5.58. The van der Waals surface area contributed by atoms with E-state index in [0.717, 1.165) is 42.5 Å². The van der Waals surface area contributed by atoms with Gasteiger partial charge in [-0.2, -0.15) is 5.26 Å². The lowest BCUT2D eigenvalue weighted by Crippen LogP contribution is -2.24. The van der Waals surface area contributed by atoms with Gasteiger partial charge in [-0.3, -0.25) is 4.90 Å². The summed E-state index contributed by atoms with van der Waals surface area (Å²) in [5.41, 5.74) is 2.84. The van der Waals surface area contributed by atoms with Crippen molar-refractivity contribution < 1.29 is 9.15 Å². The zero-order chi connectivity index (χ0) is 17.1. The van der Waals surface area contributed by atoms with Crippen LogP contribution in [0.15, 0.2) is 65.1 Å². The highest BCUT2D eigenvalue weighted by Crippen LogP contribution is 2.26. The monoisotopic (exact) mass is 330 g/mol. The third-order valence-electron chi connectivity index (χ3n) is 4.37. The number of para-hydroxylation sites is 1. The predicted molar refractivity (Wildman–Crippen MR) is 94.9 cm³/mol. The van der Waals surface area contributed by atoms with E-state index in [2.05, 4.69) is 17.0 Å². The molecule has 124 valence electrons. The maximum Gasteiger partial charge on any atom is 0.134 e. The molecular weight excluding hydrogens is 312 g/mol. The van der Waals surface area contributed by atoms with E-state index in [9.17, 15) is 0 Å². The summed E-state index contributed by atoms with van der Waals surface area (Å²) in [5, 5.41) is 8.89. The fourth-order valence-electron chi connectivity index (χ4n) is 3.06. The minimum atomic E-state index is 0.652. The molecular formula is C21H18N2O2. The molecule has 0 saturated carbocycles. The summed E-state index contributed by atoms with van der Waals surface area (Å²) < 4.78 is 11.8. The molecule has 4 rings (SSSR count). The molecule has 0 unspecified atom stereocenters. The molecule has 25 heavy (non-hydrogen) atoms. The van der Waals surface area contributed by atoms with Crippen LogP contribution in [0.1, 0.15) is 16.9 Å². The Morgan fingerprint density at radius 3 is 2.68 bits per heavy atom. The first kappa shape index (κ1) is 15.5.